The third-order valence-electron chi connectivity index (χ3n) is 2.55. The molecule has 2 N–H and O–H groups in total. The fourth-order valence-electron chi connectivity index (χ4n) is 1.82. The molecule has 16 heavy (non-hydrogen) atoms. The predicted octanol–water partition coefficient (Wildman–Crippen LogP) is 1.38. The lowest BCUT2D eigenvalue weighted by molar-refractivity contribution is -0.117. The van der Waals surface area contributed by atoms with Gasteiger partial charge in [0.15, 0.2) is 0 Å². The van der Waals surface area contributed by atoms with Crippen LogP contribution < -0.4 is 10.6 Å². The van der Waals surface area contributed by atoms with Gasteiger partial charge in [0.25, 0.3) is 0 Å². The van der Waals surface area contributed by atoms with Crippen molar-refractivity contribution >= 4 is 27.5 Å². The number of nitrogens with zero attached hydrogens (tertiary/aromatic N) is 2. The summed E-state index contributed by atoms with van der Waals surface area (Å²) in [5, 5.41) is 9.06. The van der Waals surface area contributed by atoms with Crippen LogP contribution in [0.5, 0.6) is 0 Å². The fourth-order valence-corrected chi connectivity index (χ4v) is 2.26. The van der Waals surface area contributed by atoms with E-state index in [1.54, 1.807) is 23.1 Å². The Morgan fingerprint density at radius 1 is 1.56 bits per heavy atom. The highest BCUT2D eigenvalue weighted by molar-refractivity contribution is 9.10. The van der Waals surface area contributed by atoms with Crippen molar-refractivity contribution in [1.82, 2.24) is 0 Å². The van der Waals surface area contributed by atoms with E-state index in [-0.39, 0.29) is 11.9 Å². The van der Waals surface area contributed by atoms with Gasteiger partial charge in [0, 0.05) is 23.5 Å². The molecule has 0 bridgehead atoms. The summed E-state index contributed by atoms with van der Waals surface area (Å²) >= 11 is 3.30. The van der Waals surface area contributed by atoms with E-state index < -0.39 is 0 Å². The maximum absolute atomic E-state index is 11.7. The van der Waals surface area contributed by atoms with E-state index in [4.69, 9.17) is 11.0 Å². The number of nitriles is 1. The van der Waals surface area contributed by atoms with E-state index in [2.05, 4.69) is 22.0 Å². The number of hydrogen-bond donors (Lipinski definition) is 1. The van der Waals surface area contributed by atoms with Crippen LogP contribution >= 0.6 is 15.9 Å². The van der Waals surface area contributed by atoms with E-state index in [9.17, 15) is 4.79 Å². The van der Waals surface area contributed by atoms with Gasteiger partial charge in [-0.1, -0.05) is 6.07 Å². The fraction of sp³-hybridized carbons (Fsp3) is 0.273. The molecular formula is C11H10BrN3O. The van der Waals surface area contributed by atoms with Crippen LogP contribution in [-0.4, -0.2) is 18.5 Å². The zero-order valence-corrected chi connectivity index (χ0v) is 10.1. The zero-order chi connectivity index (χ0) is 11.7. The van der Waals surface area contributed by atoms with Gasteiger partial charge in [-0.2, -0.15) is 5.26 Å². The third-order valence-corrected chi connectivity index (χ3v) is 3.21. The second kappa shape index (κ2) is 4.24. The zero-order valence-electron chi connectivity index (χ0n) is 8.48. The molecule has 4 nitrogen and oxygen atoms in total. The third kappa shape index (κ3) is 1.82. The minimum Gasteiger partial charge on any atom is -0.326 e. The van der Waals surface area contributed by atoms with Crippen molar-refractivity contribution in [2.45, 2.75) is 12.5 Å². The summed E-state index contributed by atoms with van der Waals surface area (Å²) < 4.78 is 0.695. The Hall–Kier alpha value is -1.38. The van der Waals surface area contributed by atoms with Gasteiger partial charge in [0.2, 0.25) is 5.91 Å². The number of carbonyl (C=O) groups excluding carboxylic acids is 1. The summed E-state index contributed by atoms with van der Waals surface area (Å²) in [4.78, 5) is 13.3. The van der Waals surface area contributed by atoms with Crippen molar-refractivity contribution in [3.63, 3.8) is 0 Å². The Morgan fingerprint density at radius 3 is 2.88 bits per heavy atom. The second-order valence-electron chi connectivity index (χ2n) is 3.71. The van der Waals surface area contributed by atoms with Crippen molar-refractivity contribution < 1.29 is 4.79 Å². The highest BCUT2D eigenvalue weighted by atomic mass is 79.9. The van der Waals surface area contributed by atoms with Crippen LogP contribution in [0.3, 0.4) is 0 Å². The second-order valence-corrected chi connectivity index (χ2v) is 4.57. The largest absolute Gasteiger partial charge is 0.326 e. The van der Waals surface area contributed by atoms with Crippen LogP contribution in [0.2, 0.25) is 0 Å². The molecule has 82 valence electrons. The molecule has 0 radical (unpaired) electrons. The standard InChI is InChI=1S/C11H10BrN3O/c12-9-2-1-3-10(8(9)5-13)15-6-7(14)4-11(15)16/h1-3,7H,4,6,14H2. The average molecular weight is 280 g/mol. The lowest BCUT2D eigenvalue weighted by atomic mass is 10.2. The Bertz CT molecular complexity index is 481. The van der Waals surface area contributed by atoms with Gasteiger partial charge in [-0.15, -0.1) is 0 Å². The first-order valence-corrected chi connectivity index (χ1v) is 5.67. The normalized spacial score (nSPS) is 19.9. The van der Waals surface area contributed by atoms with Gasteiger partial charge >= 0.3 is 0 Å². The topological polar surface area (TPSA) is 70.1 Å². The molecule has 1 heterocycles. The average Bonchev–Trinajstić information content (AvgIpc) is 2.57. The van der Waals surface area contributed by atoms with Crippen molar-refractivity contribution in [1.29, 1.82) is 5.26 Å². The van der Waals surface area contributed by atoms with Crippen molar-refractivity contribution in [2.24, 2.45) is 5.73 Å². The summed E-state index contributed by atoms with van der Waals surface area (Å²) in [6.07, 6.45) is 0.345. The molecule has 1 unspecified atom stereocenters. The Kier molecular flexibility index (Phi) is 2.95. The number of halogens is 1. The molecule has 1 aliphatic rings. The van der Waals surface area contributed by atoms with Crippen LogP contribution in [0, 0.1) is 11.3 Å². The van der Waals surface area contributed by atoms with Crippen molar-refractivity contribution in [3.05, 3.63) is 28.2 Å². The summed E-state index contributed by atoms with van der Waals surface area (Å²) in [5.74, 6) is -0.0258. The van der Waals surface area contributed by atoms with E-state index in [1.165, 1.54) is 0 Å². The maximum Gasteiger partial charge on any atom is 0.228 e. The summed E-state index contributed by atoms with van der Waals surface area (Å²) in [5.41, 5.74) is 6.84. The van der Waals surface area contributed by atoms with Gasteiger partial charge in [-0.25, -0.2) is 0 Å². The Balaban J connectivity index is 2.45. The van der Waals surface area contributed by atoms with E-state index >= 15 is 0 Å². The first-order chi connectivity index (χ1) is 7.63. The van der Waals surface area contributed by atoms with Gasteiger partial charge in [0.1, 0.15) is 6.07 Å². The lowest BCUT2D eigenvalue weighted by Gasteiger charge is -2.17. The molecule has 2 rings (SSSR count). The Morgan fingerprint density at radius 2 is 2.31 bits per heavy atom. The van der Waals surface area contributed by atoms with Gasteiger partial charge in [-0.05, 0) is 28.1 Å². The maximum atomic E-state index is 11.7. The first kappa shape index (κ1) is 11.1. The smallest absolute Gasteiger partial charge is 0.228 e. The number of benzene rings is 1. The summed E-state index contributed by atoms with van der Waals surface area (Å²) in [7, 11) is 0. The van der Waals surface area contributed by atoms with Crippen LogP contribution in [0.4, 0.5) is 5.69 Å². The Labute approximate surface area is 102 Å². The predicted molar refractivity (Wildman–Crippen MR) is 63.8 cm³/mol. The molecule has 1 atom stereocenters. The molecule has 0 spiro atoms. The molecule has 1 fully saturated rings. The van der Waals surface area contributed by atoms with Crippen LogP contribution in [0.25, 0.3) is 0 Å². The molecule has 1 aromatic carbocycles. The molecule has 0 aromatic heterocycles. The van der Waals surface area contributed by atoms with Gasteiger partial charge < -0.3 is 10.6 Å². The summed E-state index contributed by atoms with van der Waals surface area (Å²) in [6.45, 7) is 0.476. The molecular weight excluding hydrogens is 270 g/mol. The number of anilines is 1. The van der Waals surface area contributed by atoms with E-state index in [1.807, 2.05) is 0 Å². The van der Waals surface area contributed by atoms with E-state index in [0.717, 1.165) is 0 Å². The highest BCUT2D eigenvalue weighted by Gasteiger charge is 2.29. The van der Waals surface area contributed by atoms with Crippen LogP contribution in [0.15, 0.2) is 22.7 Å². The van der Waals surface area contributed by atoms with Crippen LogP contribution in [0.1, 0.15) is 12.0 Å². The minimum absolute atomic E-state index is 0.0258. The molecule has 5 heteroatoms. The molecule has 0 saturated carbocycles. The number of amides is 1. The number of hydrogen-bond acceptors (Lipinski definition) is 3. The monoisotopic (exact) mass is 279 g/mol. The first-order valence-electron chi connectivity index (χ1n) is 4.88. The van der Waals surface area contributed by atoms with Crippen molar-refractivity contribution in [3.8, 4) is 6.07 Å². The lowest BCUT2D eigenvalue weighted by Crippen LogP contribution is -2.28. The van der Waals surface area contributed by atoms with E-state index in [0.29, 0.717) is 28.7 Å². The highest BCUT2D eigenvalue weighted by Crippen LogP contribution is 2.29. The number of nitrogens with two attached hydrogens (primary N) is 1. The van der Waals surface area contributed by atoms with Crippen LogP contribution in [-0.2, 0) is 4.79 Å². The van der Waals surface area contributed by atoms with Crippen molar-refractivity contribution in [2.75, 3.05) is 11.4 Å². The number of carbonyl (C=O) groups is 1. The molecule has 1 aromatic rings. The van der Waals surface area contributed by atoms with Gasteiger partial charge in [-0.3, -0.25) is 4.79 Å². The molecule has 1 aliphatic heterocycles. The molecule has 1 saturated heterocycles. The SMILES string of the molecule is N#Cc1c(Br)cccc1N1CC(N)CC1=O. The molecule has 0 aliphatic carbocycles. The summed E-state index contributed by atoms with van der Waals surface area (Å²) in [6, 6.07) is 7.30. The minimum atomic E-state index is -0.141. The molecule has 1 amide bonds. The van der Waals surface area contributed by atoms with Gasteiger partial charge in [0.05, 0.1) is 11.3 Å². The number of rotatable bonds is 1. The quantitative estimate of drug-likeness (QED) is 0.845.